The Morgan fingerprint density at radius 1 is 1.20 bits per heavy atom. The summed E-state index contributed by atoms with van der Waals surface area (Å²) in [6, 6.07) is 0. The molecule has 0 aliphatic carbocycles. The lowest BCUT2D eigenvalue weighted by Gasteiger charge is -2.33. The minimum atomic E-state index is -0.388. The summed E-state index contributed by atoms with van der Waals surface area (Å²) >= 11 is 0. The molecule has 136 valence electrons. The number of nitrogens with two attached hydrogens (primary N) is 1. The van der Waals surface area contributed by atoms with Crippen LogP contribution in [-0.4, -0.2) is 35.0 Å². The van der Waals surface area contributed by atoms with E-state index in [0.717, 1.165) is 48.3 Å². The molecule has 4 heterocycles. The first-order valence-electron chi connectivity index (χ1n) is 8.99. The molecule has 1 aromatic rings. The molecule has 0 bridgehead atoms. The van der Waals surface area contributed by atoms with E-state index in [9.17, 15) is 4.79 Å². The predicted molar refractivity (Wildman–Crippen MR) is 95.7 cm³/mol. The van der Waals surface area contributed by atoms with Crippen LogP contribution in [0.2, 0.25) is 0 Å². The second kappa shape index (κ2) is 7.97. The van der Waals surface area contributed by atoms with Crippen molar-refractivity contribution in [3.05, 3.63) is 35.0 Å². The number of piperidine rings is 1. The summed E-state index contributed by atoms with van der Waals surface area (Å²) in [5.41, 5.74) is 10.1. The second-order valence-electron chi connectivity index (χ2n) is 6.67. The van der Waals surface area contributed by atoms with Gasteiger partial charge in [0, 0.05) is 25.1 Å². The van der Waals surface area contributed by atoms with Crippen LogP contribution in [0.5, 0.6) is 0 Å². The zero-order chi connectivity index (χ0) is 17.8. The van der Waals surface area contributed by atoms with Gasteiger partial charge in [-0.3, -0.25) is 4.79 Å². The van der Waals surface area contributed by atoms with Gasteiger partial charge in [0.25, 0.3) is 5.91 Å². The lowest BCUT2D eigenvalue weighted by molar-refractivity contribution is -0.146. The molecule has 4 rings (SSSR count). The molecule has 3 aliphatic rings. The van der Waals surface area contributed by atoms with Crippen LogP contribution in [0.3, 0.4) is 0 Å². The van der Waals surface area contributed by atoms with Gasteiger partial charge in [-0.15, -0.1) is 6.58 Å². The van der Waals surface area contributed by atoms with E-state index < -0.39 is 0 Å². The summed E-state index contributed by atoms with van der Waals surface area (Å²) in [4.78, 5) is 19.0. The van der Waals surface area contributed by atoms with Crippen LogP contribution in [0.15, 0.2) is 12.7 Å². The number of ether oxygens (including phenoxy) is 2. The molecule has 1 amide bonds. The molecule has 1 saturated heterocycles. The number of pyridine rings is 1. The zero-order valence-corrected chi connectivity index (χ0v) is 14.9. The highest BCUT2D eigenvalue weighted by atomic mass is 16.5. The molecule has 1 fully saturated rings. The molecule has 6 nitrogen and oxygen atoms in total. The molecule has 6 heteroatoms. The van der Waals surface area contributed by atoms with Crippen molar-refractivity contribution in [2.45, 2.75) is 58.5 Å². The highest BCUT2D eigenvalue weighted by Gasteiger charge is 2.34. The van der Waals surface area contributed by atoms with E-state index in [4.69, 9.17) is 15.2 Å². The molecule has 0 radical (unpaired) electrons. The Balaban J connectivity index is 0.000000569. The van der Waals surface area contributed by atoms with E-state index in [0.29, 0.717) is 32.1 Å². The number of fused-ring (bicyclic) bond motifs is 3. The first kappa shape index (κ1) is 17.9. The van der Waals surface area contributed by atoms with E-state index in [-0.39, 0.29) is 12.0 Å². The van der Waals surface area contributed by atoms with Crippen molar-refractivity contribution >= 4 is 11.7 Å². The first-order chi connectivity index (χ1) is 12.2. The lowest BCUT2D eigenvalue weighted by Crippen LogP contribution is -2.45. The molecule has 0 aromatic carbocycles. The van der Waals surface area contributed by atoms with Crippen LogP contribution in [0.25, 0.3) is 0 Å². The maximum atomic E-state index is 12.7. The number of hydrogen-bond acceptors (Lipinski definition) is 5. The number of carbonyl (C=O) groups excluding carboxylic acids is 1. The third-order valence-corrected chi connectivity index (χ3v) is 4.89. The average molecular weight is 345 g/mol. The lowest BCUT2D eigenvalue weighted by atomic mass is 9.94. The number of likely N-dealkylation sites (tertiary alicyclic amines) is 1. The van der Waals surface area contributed by atoms with Gasteiger partial charge in [-0.1, -0.05) is 6.08 Å². The number of amides is 1. The van der Waals surface area contributed by atoms with Gasteiger partial charge in [-0.2, -0.15) is 0 Å². The van der Waals surface area contributed by atoms with Gasteiger partial charge in [0.1, 0.15) is 11.9 Å². The Labute approximate surface area is 149 Å². The van der Waals surface area contributed by atoms with Crippen molar-refractivity contribution in [1.82, 2.24) is 9.88 Å². The van der Waals surface area contributed by atoms with Gasteiger partial charge >= 0.3 is 0 Å². The fraction of sp³-hybridized carbons (Fsp3) is 0.579. The van der Waals surface area contributed by atoms with Gasteiger partial charge in [0.15, 0.2) is 0 Å². The van der Waals surface area contributed by atoms with Crippen molar-refractivity contribution < 1.29 is 14.3 Å². The SMILES string of the molecule is C=CC.Nc1nc2c(c3c1COC3)CC(C(=O)N1CCCCC1)OC2. The summed E-state index contributed by atoms with van der Waals surface area (Å²) in [7, 11) is 0. The minimum Gasteiger partial charge on any atom is -0.383 e. The summed E-state index contributed by atoms with van der Waals surface area (Å²) < 4.78 is 11.3. The summed E-state index contributed by atoms with van der Waals surface area (Å²) in [6.07, 6.45) is 5.35. The highest BCUT2D eigenvalue weighted by molar-refractivity contribution is 5.81. The van der Waals surface area contributed by atoms with Crippen molar-refractivity contribution in [2.75, 3.05) is 18.8 Å². The van der Waals surface area contributed by atoms with Crippen LogP contribution in [0.4, 0.5) is 5.82 Å². The van der Waals surface area contributed by atoms with E-state index >= 15 is 0 Å². The zero-order valence-electron chi connectivity index (χ0n) is 14.9. The number of rotatable bonds is 1. The molecule has 1 aromatic heterocycles. The number of allylic oxidation sites excluding steroid dienone is 1. The standard InChI is InChI=1S/C16H21N3O3.C3H6/c17-15-12-8-21-7-11(12)10-6-14(22-9-13(10)18-15)16(20)19-4-2-1-3-5-19;1-3-2/h14H,1-9H2,(H2,17,18);3H,1H2,2H3. The molecular weight excluding hydrogens is 318 g/mol. The number of nitrogens with zero attached hydrogens (tertiary/aromatic N) is 2. The molecule has 2 N–H and O–H groups in total. The Morgan fingerprint density at radius 3 is 2.60 bits per heavy atom. The number of aromatic nitrogens is 1. The quantitative estimate of drug-likeness (QED) is 0.791. The molecule has 0 spiro atoms. The van der Waals surface area contributed by atoms with Crippen LogP contribution in [-0.2, 0) is 40.5 Å². The maximum absolute atomic E-state index is 12.7. The number of hydrogen-bond donors (Lipinski definition) is 1. The third kappa shape index (κ3) is 3.70. The topological polar surface area (TPSA) is 77.7 Å². The molecule has 1 atom stereocenters. The largest absolute Gasteiger partial charge is 0.383 e. The van der Waals surface area contributed by atoms with Gasteiger partial charge < -0.3 is 20.1 Å². The van der Waals surface area contributed by atoms with E-state index in [2.05, 4.69) is 11.6 Å². The van der Waals surface area contributed by atoms with E-state index in [1.165, 1.54) is 6.42 Å². The normalized spacial score (nSPS) is 21.6. The van der Waals surface area contributed by atoms with Crippen molar-refractivity contribution in [2.24, 2.45) is 0 Å². The van der Waals surface area contributed by atoms with Gasteiger partial charge in [-0.05, 0) is 37.3 Å². The predicted octanol–water partition coefficient (Wildman–Crippen LogP) is 2.34. The number of carbonyl (C=O) groups is 1. The minimum absolute atomic E-state index is 0.120. The van der Waals surface area contributed by atoms with Crippen molar-refractivity contribution in [3.8, 4) is 0 Å². The number of nitrogen functional groups attached to an aromatic ring is 1. The smallest absolute Gasteiger partial charge is 0.252 e. The van der Waals surface area contributed by atoms with Crippen LogP contribution in [0.1, 0.15) is 48.6 Å². The fourth-order valence-electron chi connectivity index (χ4n) is 3.64. The fourth-order valence-corrected chi connectivity index (χ4v) is 3.64. The summed E-state index contributed by atoms with van der Waals surface area (Å²) in [5, 5.41) is 0. The molecule has 0 saturated carbocycles. The maximum Gasteiger partial charge on any atom is 0.252 e. The Morgan fingerprint density at radius 2 is 1.88 bits per heavy atom. The van der Waals surface area contributed by atoms with Crippen LogP contribution < -0.4 is 5.73 Å². The van der Waals surface area contributed by atoms with Gasteiger partial charge in [-0.25, -0.2) is 4.98 Å². The highest BCUT2D eigenvalue weighted by Crippen LogP contribution is 2.33. The van der Waals surface area contributed by atoms with Gasteiger partial charge in [0.05, 0.1) is 25.5 Å². The second-order valence-corrected chi connectivity index (χ2v) is 6.67. The average Bonchev–Trinajstić information content (AvgIpc) is 3.13. The van der Waals surface area contributed by atoms with Crippen LogP contribution >= 0.6 is 0 Å². The Kier molecular flexibility index (Phi) is 5.71. The third-order valence-electron chi connectivity index (χ3n) is 4.89. The van der Waals surface area contributed by atoms with Crippen molar-refractivity contribution in [3.63, 3.8) is 0 Å². The summed E-state index contributed by atoms with van der Waals surface area (Å²) in [5.74, 6) is 0.658. The molecular formula is C19H27N3O3. The van der Waals surface area contributed by atoms with Gasteiger partial charge in [0.2, 0.25) is 0 Å². The molecule has 1 unspecified atom stereocenters. The number of anilines is 1. The first-order valence-corrected chi connectivity index (χ1v) is 8.99. The monoisotopic (exact) mass is 345 g/mol. The van der Waals surface area contributed by atoms with Crippen molar-refractivity contribution in [1.29, 1.82) is 0 Å². The van der Waals surface area contributed by atoms with Crippen LogP contribution in [0, 0.1) is 0 Å². The van der Waals surface area contributed by atoms with E-state index in [1.807, 2.05) is 11.8 Å². The summed E-state index contributed by atoms with van der Waals surface area (Å²) in [6.45, 7) is 8.40. The Hall–Kier alpha value is -1.92. The Bertz CT molecular complexity index is 654. The molecule has 25 heavy (non-hydrogen) atoms. The van der Waals surface area contributed by atoms with E-state index in [1.54, 1.807) is 6.08 Å². The molecule has 3 aliphatic heterocycles.